The van der Waals surface area contributed by atoms with Crippen LogP contribution in [0.15, 0.2) is 6.33 Å². The first-order chi connectivity index (χ1) is 9.11. The van der Waals surface area contributed by atoms with Crippen LogP contribution < -0.4 is 4.74 Å². The van der Waals surface area contributed by atoms with Crippen LogP contribution in [0.25, 0.3) is 0 Å². The van der Waals surface area contributed by atoms with Crippen LogP contribution in [0.1, 0.15) is 51.0 Å². The maximum Gasteiger partial charge on any atom is 0.221 e. The highest BCUT2D eigenvalue weighted by atomic mass is 35.5. The van der Waals surface area contributed by atoms with Crippen molar-refractivity contribution in [1.29, 1.82) is 0 Å². The Balaban J connectivity index is 2.12. The van der Waals surface area contributed by atoms with Gasteiger partial charge in [-0.2, -0.15) is 0 Å². The van der Waals surface area contributed by atoms with Gasteiger partial charge >= 0.3 is 0 Å². The molecule has 0 aromatic carbocycles. The molecule has 1 aromatic heterocycles. The van der Waals surface area contributed by atoms with Gasteiger partial charge in [0.1, 0.15) is 17.6 Å². The molecule has 2 atom stereocenters. The number of hydrogen-bond donors (Lipinski definition) is 0. The van der Waals surface area contributed by atoms with Crippen molar-refractivity contribution in [2.24, 2.45) is 0 Å². The number of methoxy groups -OCH3 is 1. The summed E-state index contributed by atoms with van der Waals surface area (Å²) >= 11 is 6.14. The monoisotopic (exact) mass is 284 g/mol. The van der Waals surface area contributed by atoms with Gasteiger partial charge < -0.3 is 9.47 Å². The fraction of sp³-hybridized carbons (Fsp3) is 0.714. The maximum atomic E-state index is 6.14. The normalized spacial score (nSPS) is 23.6. The fourth-order valence-electron chi connectivity index (χ4n) is 2.52. The van der Waals surface area contributed by atoms with Crippen LogP contribution in [-0.2, 0) is 4.74 Å². The molecule has 1 heterocycles. The molecule has 19 heavy (non-hydrogen) atoms. The SMILES string of the molecule is COC1CCCC(Oc2ncnc(Cl)c2C(C)C)C1. The van der Waals surface area contributed by atoms with E-state index >= 15 is 0 Å². The summed E-state index contributed by atoms with van der Waals surface area (Å²) in [5, 5.41) is 0.485. The van der Waals surface area contributed by atoms with Gasteiger partial charge in [0.15, 0.2) is 0 Å². The quantitative estimate of drug-likeness (QED) is 0.793. The van der Waals surface area contributed by atoms with E-state index in [1.54, 1.807) is 7.11 Å². The van der Waals surface area contributed by atoms with Crippen molar-refractivity contribution in [3.8, 4) is 5.88 Å². The van der Waals surface area contributed by atoms with Gasteiger partial charge in [0.2, 0.25) is 5.88 Å². The van der Waals surface area contributed by atoms with Gasteiger partial charge in [-0.25, -0.2) is 9.97 Å². The van der Waals surface area contributed by atoms with Crippen LogP contribution in [0, 0.1) is 0 Å². The number of nitrogens with zero attached hydrogens (tertiary/aromatic N) is 2. The third kappa shape index (κ3) is 3.57. The second kappa shape index (κ2) is 6.53. The Bertz CT molecular complexity index is 426. The zero-order valence-corrected chi connectivity index (χ0v) is 12.5. The molecule has 1 aliphatic rings. The third-order valence-electron chi connectivity index (χ3n) is 3.57. The molecule has 0 bridgehead atoms. The molecule has 0 radical (unpaired) electrons. The topological polar surface area (TPSA) is 44.2 Å². The second-order valence-electron chi connectivity index (χ2n) is 5.30. The Hall–Kier alpha value is -0.870. The lowest BCUT2D eigenvalue weighted by Crippen LogP contribution is -2.30. The Morgan fingerprint density at radius 3 is 2.68 bits per heavy atom. The number of aromatic nitrogens is 2. The standard InChI is InChI=1S/C14H21ClN2O2/c1-9(2)12-13(15)16-8-17-14(12)19-11-6-4-5-10(7-11)18-3/h8-11H,4-7H2,1-3H3. The van der Waals surface area contributed by atoms with E-state index in [-0.39, 0.29) is 12.0 Å². The first-order valence-corrected chi connectivity index (χ1v) is 7.19. The summed E-state index contributed by atoms with van der Waals surface area (Å²) in [6, 6.07) is 0. The lowest BCUT2D eigenvalue weighted by Gasteiger charge is -2.29. The minimum Gasteiger partial charge on any atom is -0.474 e. The second-order valence-corrected chi connectivity index (χ2v) is 5.66. The molecule has 0 N–H and O–H groups in total. The molecule has 106 valence electrons. The number of halogens is 1. The predicted octanol–water partition coefficient (Wildman–Crippen LogP) is 3.59. The van der Waals surface area contributed by atoms with Crippen molar-refractivity contribution >= 4 is 11.6 Å². The van der Waals surface area contributed by atoms with Crippen molar-refractivity contribution < 1.29 is 9.47 Å². The molecule has 1 aromatic rings. The van der Waals surface area contributed by atoms with Crippen molar-refractivity contribution in [3.05, 3.63) is 17.0 Å². The Morgan fingerprint density at radius 1 is 1.26 bits per heavy atom. The van der Waals surface area contributed by atoms with Crippen LogP contribution in [0.5, 0.6) is 5.88 Å². The van der Waals surface area contributed by atoms with Gasteiger partial charge in [-0.15, -0.1) is 0 Å². The summed E-state index contributed by atoms with van der Waals surface area (Å²) in [7, 11) is 1.76. The Morgan fingerprint density at radius 2 is 2.00 bits per heavy atom. The number of rotatable bonds is 4. The van der Waals surface area contributed by atoms with Crippen molar-refractivity contribution in [2.75, 3.05) is 7.11 Å². The van der Waals surface area contributed by atoms with Crippen LogP contribution in [0.3, 0.4) is 0 Å². The summed E-state index contributed by atoms with van der Waals surface area (Å²) in [4.78, 5) is 8.28. The largest absolute Gasteiger partial charge is 0.474 e. The average molecular weight is 285 g/mol. The minimum atomic E-state index is 0.155. The molecule has 4 nitrogen and oxygen atoms in total. The Kier molecular flexibility index (Phi) is 4.99. The van der Waals surface area contributed by atoms with E-state index in [2.05, 4.69) is 23.8 Å². The molecule has 1 saturated carbocycles. The van der Waals surface area contributed by atoms with Gasteiger partial charge in [0, 0.05) is 13.5 Å². The van der Waals surface area contributed by atoms with E-state index in [0.29, 0.717) is 17.1 Å². The average Bonchev–Trinajstić information content (AvgIpc) is 2.38. The lowest BCUT2D eigenvalue weighted by molar-refractivity contribution is 0.0190. The van der Waals surface area contributed by atoms with Crippen LogP contribution in [0.4, 0.5) is 0 Å². The first-order valence-electron chi connectivity index (χ1n) is 6.81. The highest BCUT2D eigenvalue weighted by Gasteiger charge is 2.25. The zero-order valence-electron chi connectivity index (χ0n) is 11.7. The number of hydrogen-bond acceptors (Lipinski definition) is 4. The molecule has 1 fully saturated rings. The molecule has 0 aliphatic heterocycles. The van der Waals surface area contributed by atoms with Crippen molar-refractivity contribution in [3.63, 3.8) is 0 Å². The van der Waals surface area contributed by atoms with E-state index in [0.717, 1.165) is 31.2 Å². The van der Waals surface area contributed by atoms with E-state index in [1.807, 2.05) is 0 Å². The number of ether oxygens (including phenoxy) is 2. The summed E-state index contributed by atoms with van der Waals surface area (Å²) < 4.78 is 11.5. The van der Waals surface area contributed by atoms with Crippen LogP contribution >= 0.6 is 11.6 Å². The maximum absolute atomic E-state index is 6.14. The molecular weight excluding hydrogens is 264 g/mol. The Labute approximate surface area is 119 Å². The van der Waals surface area contributed by atoms with E-state index in [1.165, 1.54) is 6.33 Å². The molecule has 0 saturated heterocycles. The summed E-state index contributed by atoms with van der Waals surface area (Å²) in [5.41, 5.74) is 0.892. The van der Waals surface area contributed by atoms with Gasteiger partial charge in [-0.1, -0.05) is 25.4 Å². The smallest absolute Gasteiger partial charge is 0.221 e. The molecule has 2 rings (SSSR count). The van der Waals surface area contributed by atoms with Gasteiger partial charge in [0.25, 0.3) is 0 Å². The summed E-state index contributed by atoms with van der Waals surface area (Å²) in [6.45, 7) is 4.13. The molecule has 0 amide bonds. The van der Waals surface area contributed by atoms with E-state index in [4.69, 9.17) is 21.1 Å². The molecule has 1 aliphatic carbocycles. The van der Waals surface area contributed by atoms with E-state index < -0.39 is 0 Å². The van der Waals surface area contributed by atoms with Gasteiger partial charge in [-0.05, 0) is 25.2 Å². The van der Waals surface area contributed by atoms with Gasteiger partial charge in [0.05, 0.1) is 11.7 Å². The van der Waals surface area contributed by atoms with Gasteiger partial charge in [-0.3, -0.25) is 0 Å². The van der Waals surface area contributed by atoms with Crippen molar-refractivity contribution in [2.45, 2.75) is 57.7 Å². The minimum absolute atomic E-state index is 0.155. The molecule has 5 heteroatoms. The predicted molar refractivity (Wildman–Crippen MR) is 74.8 cm³/mol. The highest BCUT2D eigenvalue weighted by Crippen LogP contribution is 2.32. The molecule has 0 spiro atoms. The van der Waals surface area contributed by atoms with Crippen LogP contribution in [0.2, 0.25) is 5.15 Å². The lowest BCUT2D eigenvalue weighted by atomic mass is 9.95. The fourth-order valence-corrected chi connectivity index (χ4v) is 2.86. The molecular formula is C14H21ClN2O2. The van der Waals surface area contributed by atoms with E-state index in [9.17, 15) is 0 Å². The third-order valence-corrected chi connectivity index (χ3v) is 3.87. The first kappa shape index (κ1) is 14.5. The summed E-state index contributed by atoms with van der Waals surface area (Å²) in [5.74, 6) is 0.863. The molecule has 2 unspecified atom stereocenters. The summed E-state index contributed by atoms with van der Waals surface area (Å²) in [6.07, 6.45) is 6.09. The highest BCUT2D eigenvalue weighted by molar-refractivity contribution is 6.30. The van der Waals surface area contributed by atoms with Crippen molar-refractivity contribution in [1.82, 2.24) is 9.97 Å². The van der Waals surface area contributed by atoms with Crippen LogP contribution in [-0.4, -0.2) is 29.3 Å². The zero-order chi connectivity index (χ0) is 13.8.